The Kier molecular flexibility index (Phi) is 6.27. The largest absolute Gasteiger partial charge is 0.334 e. The first kappa shape index (κ1) is 14.2. The van der Waals surface area contributed by atoms with Crippen molar-refractivity contribution in [3.8, 4) is 0 Å². The zero-order chi connectivity index (χ0) is 12.7. The van der Waals surface area contributed by atoms with E-state index in [-0.39, 0.29) is 0 Å². The van der Waals surface area contributed by atoms with E-state index in [4.69, 9.17) is 0 Å². The van der Waals surface area contributed by atoms with Crippen molar-refractivity contribution >= 4 is 0 Å². The summed E-state index contributed by atoms with van der Waals surface area (Å²) in [5, 5.41) is 3.65. The molecule has 0 aliphatic carbocycles. The lowest BCUT2D eigenvalue weighted by Crippen LogP contribution is -2.30. The fourth-order valence-electron chi connectivity index (χ4n) is 2.34. The molecule has 1 rings (SSSR count). The van der Waals surface area contributed by atoms with Crippen LogP contribution < -0.4 is 5.32 Å². The Morgan fingerprint density at radius 1 is 1.29 bits per heavy atom. The van der Waals surface area contributed by atoms with E-state index in [1.165, 1.54) is 25.1 Å². The number of aryl methyl sites for hydroxylation is 1. The molecule has 17 heavy (non-hydrogen) atoms. The Morgan fingerprint density at radius 2 is 2.06 bits per heavy atom. The van der Waals surface area contributed by atoms with Gasteiger partial charge in [-0.15, -0.1) is 0 Å². The summed E-state index contributed by atoms with van der Waals surface area (Å²) in [5.41, 5.74) is 0. The van der Waals surface area contributed by atoms with Crippen molar-refractivity contribution < 1.29 is 0 Å². The van der Waals surface area contributed by atoms with Gasteiger partial charge in [-0.3, -0.25) is 0 Å². The Bertz CT molecular complexity index is 306. The molecule has 0 aromatic carbocycles. The summed E-state index contributed by atoms with van der Waals surface area (Å²) in [7, 11) is 0. The van der Waals surface area contributed by atoms with Crippen LogP contribution in [0.4, 0.5) is 0 Å². The van der Waals surface area contributed by atoms with Crippen molar-refractivity contribution in [2.45, 2.75) is 59.5 Å². The second-order valence-electron chi connectivity index (χ2n) is 4.77. The lowest BCUT2D eigenvalue weighted by atomic mass is 9.96. The van der Waals surface area contributed by atoms with Crippen molar-refractivity contribution in [3.63, 3.8) is 0 Å². The maximum Gasteiger partial charge on any atom is 0.126 e. The standard InChI is InChI=1S/C14H27N3/c1-5-8-12(4)13(15-9-6-2)14-16-10-11-17(14)7-3/h10-13,15H,5-9H2,1-4H3. The highest BCUT2D eigenvalue weighted by Gasteiger charge is 2.21. The summed E-state index contributed by atoms with van der Waals surface area (Å²) in [5.74, 6) is 1.83. The van der Waals surface area contributed by atoms with Crippen LogP contribution in [-0.2, 0) is 6.54 Å². The van der Waals surface area contributed by atoms with E-state index >= 15 is 0 Å². The Balaban J connectivity index is 2.81. The summed E-state index contributed by atoms with van der Waals surface area (Å²) < 4.78 is 2.25. The van der Waals surface area contributed by atoms with Gasteiger partial charge < -0.3 is 9.88 Å². The van der Waals surface area contributed by atoms with Gasteiger partial charge in [0.1, 0.15) is 5.82 Å². The highest BCUT2D eigenvalue weighted by atomic mass is 15.1. The number of hydrogen-bond acceptors (Lipinski definition) is 2. The molecule has 98 valence electrons. The Labute approximate surface area is 106 Å². The minimum atomic E-state index is 0.393. The number of nitrogens with zero attached hydrogens (tertiary/aromatic N) is 2. The van der Waals surface area contributed by atoms with Crippen LogP contribution in [0.1, 0.15) is 58.8 Å². The van der Waals surface area contributed by atoms with Crippen LogP contribution in [0.3, 0.4) is 0 Å². The third-order valence-electron chi connectivity index (χ3n) is 3.29. The van der Waals surface area contributed by atoms with E-state index in [1.807, 2.05) is 6.20 Å². The van der Waals surface area contributed by atoms with Gasteiger partial charge >= 0.3 is 0 Å². The molecule has 3 nitrogen and oxygen atoms in total. The molecule has 0 saturated heterocycles. The van der Waals surface area contributed by atoms with Gasteiger partial charge in [0, 0.05) is 18.9 Å². The highest BCUT2D eigenvalue weighted by molar-refractivity contribution is 5.01. The predicted octanol–water partition coefficient (Wildman–Crippen LogP) is 3.38. The maximum atomic E-state index is 4.54. The van der Waals surface area contributed by atoms with Gasteiger partial charge in [0.15, 0.2) is 0 Å². The number of imidazole rings is 1. The van der Waals surface area contributed by atoms with E-state index in [0.29, 0.717) is 12.0 Å². The van der Waals surface area contributed by atoms with Crippen LogP contribution in [0, 0.1) is 5.92 Å². The van der Waals surface area contributed by atoms with Crippen LogP contribution in [0.25, 0.3) is 0 Å². The fourth-order valence-corrected chi connectivity index (χ4v) is 2.34. The predicted molar refractivity (Wildman–Crippen MR) is 73.0 cm³/mol. The van der Waals surface area contributed by atoms with Gasteiger partial charge in [-0.25, -0.2) is 4.98 Å². The van der Waals surface area contributed by atoms with E-state index in [9.17, 15) is 0 Å². The Morgan fingerprint density at radius 3 is 2.65 bits per heavy atom. The van der Waals surface area contributed by atoms with Crippen LogP contribution in [-0.4, -0.2) is 16.1 Å². The molecule has 0 fully saturated rings. The molecule has 2 atom stereocenters. The van der Waals surface area contributed by atoms with Crippen molar-refractivity contribution in [2.24, 2.45) is 5.92 Å². The number of hydrogen-bond donors (Lipinski definition) is 1. The summed E-state index contributed by atoms with van der Waals surface area (Å²) in [6, 6.07) is 0.393. The van der Waals surface area contributed by atoms with Crippen molar-refractivity contribution in [2.75, 3.05) is 6.54 Å². The molecule has 0 radical (unpaired) electrons. The zero-order valence-electron chi connectivity index (χ0n) is 11.7. The first-order valence-electron chi connectivity index (χ1n) is 6.98. The number of rotatable bonds is 8. The molecule has 3 heteroatoms. The maximum absolute atomic E-state index is 4.54. The highest BCUT2D eigenvalue weighted by Crippen LogP contribution is 2.24. The molecule has 0 spiro atoms. The summed E-state index contributed by atoms with van der Waals surface area (Å²) in [4.78, 5) is 4.54. The lowest BCUT2D eigenvalue weighted by Gasteiger charge is -2.25. The molecule has 1 heterocycles. The lowest BCUT2D eigenvalue weighted by molar-refractivity contribution is 0.340. The van der Waals surface area contributed by atoms with Crippen molar-refractivity contribution in [1.29, 1.82) is 0 Å². The zero-order valence-corrected chi connectivity index (χ0v) is 11.7. The number of aromatic nitrogens is 2. The van der Waals surface area contributed by atoms with Gasteiger partial charge in [-0.1, -0.05) is 27.2 Å². The van der Waals surface area contributed by atoms with Crippen LogP contribution >= 0.6 is 0 Å². The fraction of sp³-hybridized carbons (Fsp3) is 0.786. The van der Waals surface area contributed by atoms with Gasteiger partial charge in [0.05, 0.1) is 6.04 Å². The third-order valence-corrected chi connectivity index (χ3v) is 3.29. The molecule has 0 bridgehead atoms. The molecule has 1 N–H and O–H groups in total. The molecular weight excluding hydrogens is 210 g/mol. The Hall–Kier alpha value is -0.830. The van der Waals surface area contributed by atoms with E-state index in [0.717, 1.165) is 13.1 Å². The van der Waals surface area contributed by atoms with Crippen molar-refractivity contribution in [1.82, 2.24) is 14.9 Å². The monoisotopic (exact) mass is 237 g/mol. The van der Waals surface area contributed by atoms with Gasteiger partial charge in [0.2, 0.25) is 0 Å². The first-order valence-corrected chi connectivity index (χ1v) is 6.98. The quantitative estimate of drug-likeness (QED) is 0.751. The number of nitrogens with one attached hydrogen (secondary N) is 1. The molecule has 2 unspecified atom stereocenters. The van der Waals surface area contributed by atoms with Gasteiger partial charge in [-0.2, -0.15) is 0 Å². The van der Waals surface area contributed by atoms with Crippen LogP contribution in [0.15, 0.2) is 12.4 Å². The second kappa shape index (κ2) is 7.49. The molecule has 1 aromatic rings. The molecule has 0 aliphatic heterocycles. The second-order valence-corrected chi connectivity index (χ2v) is 4.77. The first-order chi connectivity index (χ1) is 8.24. The summed E-state index contributed by atoms with van der Waals surface area (Å²) >= 11 is 0. The third kappa shape index (κ3) is 3.84. The molecule has 0 saturated carbocycles. The smallest absolute Gasteiger partial charge is 0.126 e. The molecule has 0 aliphatic rings. The minimum absolute atomic E-state index is 0.393. The summed E-state index contributed by atoms with van der Waals surface area (Å²) in [6.45, 7) is 11.0. The molecular formula is C14H27N3. The normalized spacial score (nSPS) is 14.8. The SMILES string of the molecule is CCCNC(c1nccn1CC)C(C)CCC. The average Bonchev–Trinajstić information content (AvgIpc) is 2.78. The van der Waals surface area contributed by atoms with E-state index in [1.54, 1.807) is 0 Å². The van der Waals surface area contributed by atoms with E-state index < -0.39 is 0 Å². The van der Waals surface area contributed by atoms with Crippen LogP contribution in [0.2, 0.25) is 0 Å². The topological polar surface area (TPSA) is 29.9 Å². The minimum Gasteiger partial charge on any atom is -0.334 e. The van der Waals surface area contributed by atoms with E-state index in [2.05, 4.69) is 48.8 Å². The summed E-state index contributed by atoms with van der Waals surface area (Å²) in [6.07, 6.45) is 7.64. The van der Waals surface area contributed by atoms with Crippen molar-refractivity contribution in [3.05, 3.63) is 18.2 Å². The van der Waals surface area contributed by atoms with Crippen LogP contribution in [0.5, 0.6) is 0 Å². The average molecular weight is 237 g/mol. The van der Waals surface area contributed by atoms with Gasteiger partial charge in [-0.05, 0) is 32.2 Å². The van der Waals surface area contributed by atoms with Gasteiger partial charge in [0.25, 0.3) is 0 Å². The molecule has 1 aromatic heterocycles. The molecule has 0 amide bonds.